The minimum atomic E-state index is 0.537. The first-order valence-corrected chi connectivity index (χ1v) is 6.82. The Morgan fingerprint density at radius 3 is 2.88 bits per heavy atom. The van der Waals surface area contributed by atoms with E-state index in [0.29, 0.717) is 5.82 Å². The van der Waals surface area contributed by atoms with Crippen LogP contribution in [0.3, 0.4) is 0 Å². The van der Waals surface area contributed by atoms with E-state index in [0.717, 1.165) is 25.5 Å². The third-order valence-electron chi connectivity index (χ3n) is 2.23. The van der Waals surface area contributed by atoms with Gasteiger partial charge in [-0.25, -0.2) is 4.98 Å². The molecule has 3 aromatic heterocycles. The molecule has 3 N–H and O–H groups in total. The molecule has 4 nitrogen and oxygen atoms in total. The first-order valence-electron chi connectivity index (χ1n) is 4.74. The molecule has 0 amide bonds. The van der Waals surface area contributed by atoms with Crippen molar-refractivity contribution in [2.45, 2.75) is 0 Å². The summed E-state index contributed by atoms with van der Waals surface area (Å²) >= 11 is 8.95. The largest absolute Gasteiger partial charge is 0.383 e. The Morgan fingerprint density at radius 1 is 1.35 bits per heavy atom. The van der Waals surface area contributed by atoms with Crippen LogP contribution >= 0.6 is 34.3 Å². The van der Waals surface area contributed by atoms with E-state index in [1.807, 2.05) is 17.5 Å². The molecule has 0 radical (unpaired) electrons. The van der Waals surface area contributed by atoms with Crippen LogP contribution in [0.2, 0.25) is 4.34 Å². The first kappa shape index (κ1) is 10.8. The van der Waals surface area contributed by atoms with Gasteiger partial charge in [0.05, 0.1) is 26.7 Å². The van der Waals surface area contributed by atoms with Gasteiger partial charge in [-0.2, -0.15) is 5.10 Å². The van der Waals surface area contributed by atoms with E-state index in [1.54, 1.807) is 6.20 Å². The van der Waals surface area contributed by atoms with Gasteiger partial charge in [-0.15, -0.1) is 22.7 Å². The summed E-state index contributed by atoms with van der Waals surface area (Å²) in [5.74, 6) is 0.537. The zero-order chi connectivity index (χ0) is 11.8. The summed E-state index contributed by atoms with van der Waals surface area (Å²) in [4.78, 5) is 5.58. The maximum absolute atomic E-state index is 5.90. The minimum Gasteiger partial charge on any atom is -0.383 e. The molecule has 0 spiro atoms. The zero-order valence-corrected chi connectivity index (χ0v) is 10.9. The number of hydrogen-bond acceptors (Lipinski definition) is 5. The van der Waals surface area contributed by atoms with Crippen LogP contribution in [0.25, 0.3) is 21.1 Å². The van der Waals surface area contributed by atoms with Gasteiger partial charge in [-0.3, -0.25) is 5.10 Å². The van der Waals surface area contributed by atoms with Crippen LogP contribution in [0.15, 0.2) is 23.7 Å². The quantitative estimate of drug-likeness (QED) is 0.756. The maximum atomic E-state index is 5.90. The van der Waals surface area contributed by atoms with Gasteiger partial charge in [0.15, 0.2) is 0 Å². The highest BCUT2D eigenvalue weighted by Gasteiger charge is 2.11. The smallest absolute Gasteiger partial charge is 0.129 e. The third kappa shape index (κ3) is 1.95. The Labute approximate surface area is 110 Å². The molecule has 3 heterocycles. The zero-order valence-electron chi connectivity index (χ0n) is 8.48. The Hall–Kier alpha value is -1.37. The molecule has 0 aliphatic carbocycles. The molecule has 0 bridgehead atoms. The summed E-state index contributed by atoms with van der Waals surface area (Å²) in [6.07, 6.45) is 1.68. The number of halogens is 1. The standard InChI is InChI=1S/C10H7ClN4S2/c11-8-2-1-7(17-8)6-4-16-10(14-6)5-3-13-15-9(5)12/h1-4H,(H3,12,13,15). The van der Waals surface area contributed by atoms with Crippen molar-refractivity contribution in [2.24, 2.45) is 0 Å². The molecule has 3 rings (SSSR count). The van der Waals surface area contributed by atoms with Crippen molar-refractivity contribution in [1.82, 2.24) is 15.2 Å². The monoisotopic (exact) mass is 282 g/mol. The van der Waals surface area contributed by atoms with Crippen molar-refractivity contribution >= 4 is 40.1 Å². The fourth-order valence-corrected chi connectivity index (χ4v) is 3.35. The molecule has 0 aliphatic heterocycles. The fraction of sp³-hybridized carbons (Fsp3) is 0. The lowest BCUT2D eigenvalue weighted by atomic mass is 10.3. The number of H-pyrrole nitrogens is 1. The average molecular weight is 283 g/mol. The van der Waals surface area contributed by atoms with Crippen LogP contribution in [-0.2, 0) is 0 Å². The summed E-state index contributed by atoms with van der Waals surface area (Å²) in [6, 6.07) is 3.83. The summed E-state index contributed by atoms with van der Waals surface area (Å²) < 4.78 is 0.761. The molecule has 0 saturated heterocycles. The Morgan fingerprint density at radius 2 is 2.24 bits per heavy atom. The van der Waals surface area contributed by atoms with Gasteiger partial charge in [-0.05, 0) is 12.1 Å². The predicted octanol–water partition coefficient (Wildman–Crippen LogP) is 3.50. The van der Waals surface area contributed by atoms with E-state index in [2.05, 4.69) is 15.2 Å². The minimum absolute atomic E-state index is 0.537. The molecule has 7 heteroatoms. The maximum Gasteiger partial charge on any atom is 0.129 e. The van der Waals surface area contributed by atoms with Crippen LogP contribution in [-0.4, -0.2) is 15.2 Å². The van der Waals surface area contributed by atoms with Crippen LogP contribution in [0.4, 0.5) is 5.82 Å². The summed E-state index contributed by atoms with van der Waals surface area (Å²) in [5.41, 5.74) is 7.51. The molecule has 0 atom stereocenters. The lowest BCUT2D eigenvalue weighted by molar-refractivity contribution is 1.10. The van der Waals surface area contributed by atoms with Gasteiger partial charge in [0.1, 0.15) is 10.8 Å². The van der Waals surface area contributed by atoms with E-state index < -0.39 is 0 Å². The molecular weight excluding hydrogens is 276 g/mol. The van der Waals surface area contributed by atoms with Gasteiger partial charge in [0, 0.05) is 5.38 Å². The highest BCUT2D eigenvalue weighted by Crippen LogP contribution is 2.35. The van der Waals surface area contributed by atoms with E-state index in [-0.39, 0.29) is 0 Å². The molecule has 0 fully saturated rings. The second kappa shape index (κ2) is 4.14. The topological polar surface area (TPSA) is 67.6 Å². The van der Waals surface area contributed by atoms with E-state index in [4.69, 9.17) is 17.3 Å². The number of nitrogens with zero attached hydrogens (tertiary/aromatic N) is 2. The highest BCUT2D eigenvalue weighted by atomic mass is 35.5. The molecule has 0 aromatic carbocycles. The molecule has 0 aliphatic rings. The molecule has 86 valence electrons. The molecular formula is C10H7ClN4S2. The van der Waals surface area contributed by atoms with Gasteiger partial charge < -0.3 is 5.73 Å². The van der Waals surface area contributed by atoms with Crippen molar-refractivity contribution in [3.8, 4) is 21.1 Å². The lowest BCUT2D eigenvalue weighted by Gasteiger charge is -1.91. The number of nitrogen functional groups attached to an aromatic ring is 1. The molecule has 3 aromatic rings. The van der Waals surface area contributed by atoms with Crippen molar-refractivity contribution in [3.05, 3.63) is 28.0 Å². The van der Waals surface area contributed by atoms with Gasteiger partial charge >= 0.3 is 0 Å². The SMILES string of the molecule is Nc1[nH]ncc1-c1nc(-c2ccc(Cl)s2)cs1. The van der Waals surface area contributed by atoms with Crippen molar-refractivity contribution in [1.29, 1.82) is 0 Å². The van der Waals surface area contributed by atoms with Crippen molar-refractivity contribution in [2.75, 3.05) is 5.73 Å². The van der Waals surface area contributed by atoms with Gasteiger partial charge in [-0.1, -0.05) is 11.6 Å². The number of hydrogen-bond donors (Lipinski definition) is 2. The number of thiazole rings is 1. The van der Waals surface area contributed by atoms with Crippen LogP contribution in [0.5, 0.6) is 0 Å². The molecule has 17 heavy (non-hydrogen) atoms. The number of rotatable bonds is 2. The predicted molar refractivity (Wildman–Crippen MR) is 72.4 cm³/mol. The fourth-order valence-electron chi connectivity index (χ4n) is 1.43. The van der Waals surface area contributed by atoms with E-state index in [9.17, 15) is 0 Å². The van der Waals surface area contributed by atoms with E-state index in [1.165, 1.54) is 22.7 Å². The number of thiophene rings is 1. The van der Waals surface area contributed by atoms with E-state index >= 15 is 0 Å². The highest BCUT2D eigenvalue weighted by molar-refractivity contribution is 7.20. The van der Waals surface area contributed by atoms with Crippen LogP contribution < -0.4 is 5.73 Å². The number of nitrogens with two attached hydrogens (primary N) is 1. The molecule has 0 unspecified atom stereocenters. The second-order valence-corrected chi connectivity index (χ2v) is 5.91. The van der Waals surface area contributed by atoms with Gasteiger partial charge in [0.2, 0.25) is 0 Å². The number of aromatic amines is 1. The Kier molecular flexibility index (Phi) is 2.62. The van der Waals surface area contributed by atoms with Crippen molar-refractivity contribution < 1.29 is 0 Å². The Balaban J connectivity index is 2.01. The number of anilines is 1. The Bertz CT molecular complexity index is 655. The third-order valence-corrected chi connectivity index (χ3v) is 4.36. The summed E-state index contributed by atoms with van der Waals surface area (Å²) in [5, 5.41) is 9.43. The van der Waals surface area contributed by atoms with Crippen LogP contribution in [0.1, 0.15) is 0 Å². The first-order chi connectivity index (χ1) is 8.24. The van der Waals surface area contributed by atoms with Crippen LogP contribution in [0, 0.1) is 0 Å². The number of nitrogens with one attached hydrogen (secondary N) is 1. The normalized spacial score (nSPS) is 10.9. The summed E-state index contributed by atoms with van der Waals surface area (Å²) in [6.45, 7) is 0. The second-order valence-electron chi connectivity index (χ2n) is 3.34. The lowest BCUT2D eigenvalue weighted by Crippen LogP contribution is -1.86. The number of aromatic nitrogens is 3. The van der Waals surface area contributed by atoms with Gasteiger partial charge in [0.25, 0.3) is 0 Å². The summed E-state index contributed by atoms with van der Waals surface area (Å²) in [7, 11) is 0. The average Bonchev–Trinajstić information content (AvgIpc) is 2.97. The molecule has 0 saturated carbocycles. The van der Waals surface area contributed by atoms with Crippen molar-refractivity contribution in [3.63, 3.8) is 0 Å².